The summed E-state index contributed by atoms with van der Waals surface area (Å²) >= 11 is 0. The molecule has 0 aromatic carbocycles. The number of esters is 2. The lowest BCUT2D eigenvalue weighted by atomic mass is 10.0. The Morgan fingerprint density at radius 3 is 1.89 bits per heavy atom. The number of rotatable bonds is 44. The highest BCUT2D eigenvalue weighted by molar-refractivity contribution is 7.61. The van der Waals surface area contributed by atoms with Crippen molar-refractivity contribution in [2.45, 2.75) is 212 Å². The first-order chi connectivity index (χ1) is 36.4. The topological polar surface area (TPSA) is 286 Å². The molecule has 0 spiro atoms. The number of phosphoric acid groups is 2. The summed E-state index contributed by atoms with van der Waals surface area (Å²) in [6.45, 7) is 4.21. The van der Waals surface area contributed by atoms with Gasteiger partial charge in [0.15, 0.2) is 12.3 Å². The van der Waals surface area contributed by atoms with Crippen LogP contribution in [0.25, 0.3) is 0 Å². The van der Waals surface area contributed by atoms with Crippen LogP contribution < -0.4 is 11.4 Å². The molecular formula is C55H91N3O16P2. The summed E-state index contributed by atoms with van der Waals surface area (Å²) in [5.41, 5.74) is 4.58. The van der Waals surface area contributed by atoms with Gasteiger partial charge < -0.3 is 45.1 Å². The minimum absolute atomic E-state index is 0.0124. The molecule has 2 rings (SSSR count). The van der Waals surface area contributed by atoms with Crippen molar-refractivity contribution in [1.82, 2.24) is 9.55 Å². The maximum absolute atomic E-state index is 12.9. The second-order valence-electron chi connectivity index (χ2n) is 19.4. The lowest BCUT2D eigenvalue weighted by molar-refractivity contribution is -0.161. The van der Waals surface area contributed by atoms with Crippen LogP contribution in [-0.4, -0.2) is 96.9 Å². The standard InChI is InChI=1S/C55H91N3O16P2/c1-4-5-6-7-8-9-10-14-18-21-24-27-31-36-46(59)37-32-29-34-38-50(60)69-42-47(72-51(61)39-33-28-25-22-19-16-13-11-12-15-17-20-23-26-30-35-45(2)3)43-70-75(65,66)74-76(67,68)71-44-48-52(62)53(63)54(73-48)58-41-40-49(56)57-55(58)64/h5-6,8-9,14,18,24,27,29,31-32,36,40-41,45-48,52-54,59,62-63H,4,7,10-13,15-17,19-23,25-26,28,30,33-35,37-39,42-44H2,1-3H3,(H,65,66)(H,67,68)(H2,56,57,64)/b6-5-,9-8-,18-14-,27-24-,32-29-,36-31-/t46?,47-,48-,52-,53-,54-/m1/s1. The fraction of sp³-hybridized carbons (Fsp3) is 0.673. The Hall–Kier alpha value is -3.84. The van der Waals surface area contributed by atoms with E-state index in [2.05, 4.69) is 66.5 Å². The predicted octanol–water partition coefficient (Wildman–Crippen LogP) is 10.9. The number of carbonyl (C=O) groups is 2. The number of carbonyl (C=O) groups excluding carboxylic acids is 2. The van der Waals surface area contributed by atoms with E-state index in [-0.39, 0.29) is 25.1 Å². The molecule has 0 aliphatic carbocycles. The zero-order chi connectivity index (χ0) is 55.9. The van der Waals surface area contributed by atoms with Crippen LogP contribution in [0.15, 0.2) is 90.0 Å². The fourth-order valence-electron chi connectivity index (χ4n) is 7.84. The van der Waals surface area contributed by atoms with E-state index >= 15 is 0 Å². The number of hydrogen-bond donors (Lipinski definition) is 6. The summed E-state index contributed by atoms with van der Waals surface area (Å²) in [6, 6.07) is 1.24. The van der Waals surface area contributed by atoms with Crippen molar-refractivity contribution in [2.24, 2.45) is 5.92 Å². The third-order valence-electron chi connectivity index (χ3n) is 12.1. The highest BCUT2D eigenvalue weighted by Gasteiger charge is 2.46. The average molecular weight is 1110 g/mol. The molecule has 1 aromatic rings. The highest BCUT2D eigenvalue weighted by atomic mass is 31.3. The van der Waals surface area contributed by atoms with Crippen molar-refractivity contribution in [2.75, 3.05) is 25.6 Å². The minimum atomic E-state index is -5.46. The number of nitrogen functional groups attached to an aromatic ring is 1. The smallest absolute Gasteiger partial charge is 0.462 e. The summed E-state index contributed by atoms with van der Waals surface area (Å²) in [5, 5.41) is 31.2. The first kappa shape index (κ1) is 68.3. The third-order valence-corrected chi connectivity index (χ3v) is 14.7. The largest absolute Gasteiger partial charge is 0.481 e. The van der Waals surface area contributed by atoms with E-state index in [4.69, 9.17) is 29.0 Å². The van der Waals surface area contributed by atoms with Crippen LogP contribution in [0.1, 0.15) is 181 Å². The third kappa shape index (κ3) is 34.1. The Bertz CT molecular complexity index is 2090. The molecule has 19 nitrogen and oxygen atoms in total. The van der Waals surface area contributed by atoms with Crippen LogP contribution in [0.4, 0.5) is 5.82 Å². The van der Waals surface area contributed by atoms with Crippen molar-refractivity contribution in [1.29, 1.82) is 0 Å². The quantitative estimate of drug-likeness (QED) is 0.0116. The highest BCUT2D eigenvalue weighted by Crippen LogP contribution is 2.60. The van der Waals surface area contributed by atoms with Crippen LogP contribution in [0, 0.1) is 5.92 Å². The molecule has 0 saturated carbocycles. The van der Waals surface area contributed by atoms with Crippen molar-refractivity contribution < 1.29 is 71.4 Å². The predicted molar refractivity (Wildman–Crippen MR) is 294 cm³/mol. The molecule has 1 aliphatic rings. The van der Waals surface area contributed by atoms with Gasteiger partial charge in [0, 0.05) is 19.0 Å². The molecule has 76 heavy (non-hydrogen) atoms. The number of anilines is 1. The Morgan fingerprint density at radius 1 is 0.737 bits per heavy atom. The summed E-state index contributed by atoms with van der Waals surface area (Å²) in [6.07, 6.45) is 38.7. The number of allylic oxidation sites excluding steroid dienone is 10. The summed E-state index contributed by atoms with van der Waals surface area (Å²) in [4.78, 5) is 62.0. The van der Waals surface area contributed by atoms with Gasteiger partial charge >= 0.3 is 33.3 Å². The number of aromatic nitrogens is 2. The van der Waals surface area contributed by atoms with Crippen LogP contribution in [0.5, 0.6) is 0 Å². The van der Waals surface area contributed by atoms with E-state index in [0.717, 1.165) is 68.0 Å². The molecule has 0 amide bonds. The normalized spacial score (nSPS) is 19.8. The van der Waals surface area contributed by atoms with E-state index in [9.17, 15) is 48.6 Å². The number of nitrogens with zero attached hydrogens (tertiary/aromatic N) is 2. The first-order valence-electron chi connectivity index (χ1n) is 27.4. The van der Waals surface area contributed by atoms with Crippen molar-refractivity contribution in [3.05, 3.63) is 95.7 Å². The maximum Gasteiger partial charge on any atom is 0.481 e. The molecule has 0 bridgehead atoms. The number of aliphatic hydroxyl groups is 3. The van der Waals surface area contributed by atoms with Gasteiger partial charge in [0.05, 0.1) is 19.3 Å². The lowest BCUT2D eigenvalue weighted by Gasteiger charge is -2.21. The van der Waals surface area contributed by atoms with Crippen LogP contribution in [0.3, 0.4) is 0 Å². The molecule has 0 radical (unpaired) electrons. The molecule has 1 saturated heterocycles. The number of ether oxygens (including phenoxy) is 3. The van der Waals surface area contributed by atoms with E-state index in [1.807, 2.05) is 12.2 Å². The Labute approximate surface area is 451 Å². The number of aliphatic hydroxyl groups excluding tert-OH is 3. The average Bonchev–Trinajstić information content (AvgIpc) is 3.64. The Balaban J connectivity index is 1.83. The van der Waals surface area contributed by atoms with Crippen LogP contribution >= 0.6 is 15.6 Å². The molecule has 8 atom stereocenters. The van der Waals surface area contributed by atoms with Gasteiger partial charge in [-0.05, 0) is 56.9 Å². The van der Waals surface area contributed by atoms with E-state index in [0.29, 0.717) is 12.8 Å². The van der Waals surface area contributed by atoms with Gasteiger partial charge in [-0.1, -0.05) is 190 Å². The van der Waals surface area contributed by atoms with Gasteiger partial charge in [0.1, 0.15) is 30.7 Å². The molecule has 1 fully saturated rings. The number of unbranched alkanes of at least 4 members (excludes halogenated alkanes) is 14. The molecule has 432 valence electrons. The molecule has 21 heteroatoms. The van der Waals surface area contributed by atoms with Gasteiger partial charge in [-0.15, -0.1) is 0 Å². The molecular weight excluding hydrogens is 1020 g/mol. The zero-order valence-electron chi connectivity index (χ0n) is 45.3. The summed E-state index contributed by atoms with van der Waals surface area (Å²) < 4.78 is 56.8. The fourth-order valence-corrected chi connectivity index (χ4v) is 9.95. The number of phosphoric ester groups is 2. The minimum Gasteiger partial charge on any atom is -0.462 e. The number of nitrogens with two attached hydrogens (primary N) is 1. The van der Waals surface area contributed by atoms with Crippen molar-refractivity contribution in [3.63, 3.8) is 0 Å². The Morgan fingerprint density at radius 2 is 1.30 bits per heavy atom. The molecule has 7 N–H and O–H groups in total. The maximum atomic E-state index is 12.9. The van der Waals surface area contributed by atoms with Crippen LogP contribution in [-0.2, 0) is 46.3 Å². The first-order valence-corrected chi connectivity index (χ1v) is 30.4. The van der Waals surface area contributed by atoms with Crippen molar-refractivity contribution >= 4 is 33.4 Å². The van der Waals surface area contributed by atoms with Crippen LogP contribution in [0.2, 0.25) is 0 Å². The summed E-state index contributed by atoms with van der Waals surface area (Å²) in [5.74, 6) is -0.694. The second kappa shape index (κ2) is 41.2. The number of hydrogen-bond acceptors (Lipinski definition) is 16. The lowest BCUT2D eigenvalue weighted by Crippen LogP contribution is -2.36. The van der Waals surface area contributed by atoms with Gasteiger partial charge in [-0.25, -0.2) is 13.9 Å². The molecule has 1 aliphatic heterocycles. The van der Waals surface area contributed by atoms with Gasteiger partial charge in [0.2, 0.25) is 0 Å². The van der Waals surface area contributed by atoms with E-state index in [1.165, 1.54) is 76.7 Å². The van der Waals surface area contributed by atoms with Gasteiger partial charge in [-0.3, -0.25) is 23.2 Å². The van der Waals surface area contributed by atoms with Crippen molar-refractivity contribution in [3.8, 4) is 0 Å². The van der Waals surface area contributed by atoms with Gasteiger partial charge in [0.25, 0.3) is 0 Å². The van der Waals surface area contributed by atoms with E-state index < -0.39 is 89.8 Å². The van der Waals surface area contributed by atoms with E-state index in [1.54, 1.807) is 24.3 Å². The second-order valence-corrected chi connectivity index (χ2v) is 22.4. The summed E-state index contributed by atoms with van der Waals surface area (Å²) in [7, 11) is -10.9. The molecule has 3 unspecified atom stereocenters. The monoisotopic (exact) mass is 1110 g/mol. The Kier molecular flexibility index (Phi) is 37.0. The molecule has 2 heterocycles. The SMILES string of the molecule is CC/C=C\C/C=C\C/C=C\C/C=C\C=C/C(O)C/C=C\CCC(=O)OC[C@H](COP(=O)(O)OP(=O)(O)OC[C@H]1O[C@@H](n2ccc(N)nc2=O)[C@H](O)[C@@H]1O)OC(=O)CCCCCCCCCCCCCCCCCC(C)C. The van der Waals surface area contributed by atoms with Gasteiger partial charge in [-0.2, -0.15) is 9.29 Å². The molecule has 1 aromatic heterocycles. The zero-order valence-corrected chi connectivity index (χ0v) is 47.1.